The van der Waals surface area contributed by atoms with Crippen molar-refractivity contribution in [1.29, 1.82) is 0 Å². The Kier molecular flexibility index (Phi) is 4.58. The molecule has 3 nitrogen and oxygen atoms in total. The first-order valence-electron chi connectivity index (χ1n) is 5.33. The van der Waals surface area contributed by atoms with Crippen LogP contribution in [0.2, 0.25) is 0 Å². The van der Waals surface area contributed by atoms with Crippen LogP contribution in [-0.2, 0) is 0 Å². The van der Waals surface area contributed by atoms with Gasteiger partial charge in [0.05, 0.1) is 6.10 Å². The quantitative estimate of drug-likeness (QED) is 0.671. The van der Waals surface area contributed by atoms with E-state index in [-0.39, 0.29) is 12.1 Å². The molecule has 0 aromatic heterocycles. The Bertz CT molecular complexity index is 184. The van der Waals surface area contributed by atoms with Gasteiger partial charge in [0.25, 0.3) is 0 Å². The van der Waals surface area contributed by atoms with Gasteiger partial charge in [0, 0.05) is 12.6 Å². The molecule has 0 saturated carbocycles. The lowest BCUT2D eigenvalue weighted by atomic mass is 10.1. The highest BCUT2D eigenvalue weighted by atomic mass is 16.3. The van der Waals surface area contributed by atoms with Crippen molar-refractivity contribution in [3.8, 4) is 0 Å². The minimum Gasteiger partial charge on any atom is -0.391 e. The van der Waals surface area contributed by atoms with Gasteiger partial charge in [-0.1, -0.05) is 6.08 Å². The fourth-order valence-corrected chi connectivity index (χ4v) is 2.05. The van der Waals surface area contributed by atoms with Gasteiger partial charge in [0.2, 0.25) is 0 Å². The van der Waals surface area contributed by atoms with Crippen LogP contribution in [0.4, 0.5) is 0 Å². The molecule has 0 spiro atoms. The molecule has 0 bridgehead atoms. The van der Waals surface area contributed by atoms with Crippen LogP contribution in [0, 0.1) is 0 Å². The van der Waals surface area contributed by atoms with Gasteiger partial charge in [-0.3, -0.25) is 4.90 Å². The second-order valence-electron chi connectivity index (χ2n) is 4.26. The number of hydrogen-bond donors (Lipinski definition) is 1. The van der Waals surface area contributed by atoms with Gasteiger partial charge in [-0.25, -0.2) is 0 Å². The molecule has 0 aromatic carbocycles. The van der Waals surface area contributed by atoms with E-state index in [0.29, 0.717) is 6.42 Å². The molecule has 1 aliphatic heterocycles. The molecular formula is C11H22N2O. The molecule has 1 N–H and O–H groups in total. The molecule has 14 heavy (non-hydrogen) atoms. The summed E-state index contributed by atoms with van der Waals surface area (Å²) in [5, 5.41) is 9.95. The van der Waals surface area contributed by atoms with Gasteiger partial charge in [-0.15, -0.1) is 6.58 Å². The van der Waals surface area contributed by atoms with Crippen molar-refractivity contribution >= 4 is 0 Å². The summed E-state index contributed by atoms with van der Waals surface area (Å²) < 4.78 is 0. The summed E-state index contributed by atoms with van der Waals surface area (Å²) in [6, 6.07) is 0.250. The first-order valence-corrected chi connectivity index (χ1v) is 5.33. The van der Waals surface area contributed by atoms with E-state index < -0.39 is 0 Å². The van der Waals surface area contributed by atoms with E-state index >= 15 is 0 Å². The maximum absolute atomic E-state index is 9.95. The zero-order chi connectivity index (χ0) is 10.6. The number of likely N-dealkylation sites (N-methyl/N-ethyl adjacent to an activating group) is 2. The van der Waals surface area contributed by atoms with Crippen molar-refractivity contribution in [2.24, 2.45) is 0 Å². The second kappa shape index (κ2) is 5.49. The summed E-state index contributed by atoms with van der Waals surface area (Å²) >= 11 is 0. The molecule has 82 valence electrons. The molecule has 1 aliphatic rings. The van der Waals surface area contributed by atoms with Crippen molar-refractivity contribution in [3.05, 3.63) is 12.7 Å². The van der Waals surface area contributed by atoms with E-state index in [9.17, 15) is 5.11 Å². The normalized spacial score (nSPS) is 28.4. The summed E-state index contributed by atoms with van der Waals surface area (Å²) in [7, 11) is 4.21. The molecule has 2 unspecified atom stereocenters. The van der Waals surface area contributed by atoms with Crippen LogP contribution in [0.3, 0.4) is 0 Å². The Morgan fingerprint density at radius 2 is 2.21 bits per heavy atom. The van der Waals surface area contributed by atoms with Gasteiger partial charge in [-0.05, 0) is 40.0 Å². The summed E-state index contributed by atoms with van der Waals surface area (Å²) in [5.74, 6) is 0. The number of aliphatic hydroxyl groups excluding tert-OH is 1. The van der Waals surface area contributed by atoms with E-state index in [0.717, 1.165) is 19.6 Å². The summed E-state index contributed by atoms with van der Waals surface area (Å²) in [6.45, 7) is 6.82. The van der Waals surface area contributed by atoms with Crippen LogP contribution in [0.25, 0.3) is 0 Å². The molecule has 1 heterocycles. The SMILES string of the molecule is C=CCC(O)C1CN(C)CCCN1C. The Morgan fingerprint density at radius 3 is 2.86 bits per heavy atom. The lowest BCUT2D eigenvalue weighted by Crippen LogP contribution is -2.45. The fraction of sp³-hybridized carbons (Fsp3) is 0.818. The molecule has 1 rings (SSSR count). The molecule has 3 heteroatoms. The number of aliphatic hydroxyl groups is 1. The van der Waals surface area contributed by atoms with Crippen molar-refractivity contribution in [3.63, 3.8) is 0 Å². The average Bonchev–Trinajstić information content (AvgIpc) is 2.29. The first kappa shape index (κ1) is 11.7. The lowest BCUT2D eigenvalue weighted by Gasteiger charge is -2.31. The van der Waals surface area contributed by atoms with E-state index in [1.807, 2.05) is 0 Å². The van der Waals surface area contributed by atoms with Crippen LogP contribution >= 0.6 is 0 Å². The van der Waals surface area contributed by atoms with Crippen molar-refractivity contribution in [1.82, 2.24) is 9.80 Å². The number of rotatable bonds is 3. The maximum atomic E-state index is 9.95. The standard InChI is InChI=1S/C11H22N2O/c1-4-6-11(14)10-9-12(2)7-5-8-13(10)3/h4,10-11,14H,1,5-9H2,2-3H3. The van der Waals surface area contributed by atoms with Crippen LogP contribution in [-0.4, -0.2) is 60.8 Å². The van der Waals surface area contributed by atoms with Gasteiger partial charge in [0.1, 0.15) is 0 Å². The van der Waals surface area contributed by atoms with Crippen molar-refractivity contribution in [2.45, 2.75) is 25.0 Å². The van der Waals surface area contributed by atoms with E-state index in [1.165, 1.54) is 6.42 Å². The molecule has 0 aromatic rings. The third-order valence-electron chi connectivity index (χ3n) is 2.97. The highest BCUT2D eigenvalue weighted by molar-refractivity contribution is 4.86. The third-order valence-corrected chi connectivity index (χ3v) is 2.97. The molecular weight excluding hydrogens is 176 g/mol. The minimum absolute atomic E-state index is 0.250. The minimum atomic E-state index is -0.280. The Labute approximate surface area is 87.0 Å². The zero-order valence-corrected chi connectivity index (χ0v) is 9.32. The Hall–Kier alpha value is -0.380. The lowest BCUT2D eigenvalue weighted by molar-refractivity contribution is 0.0600. The summed E-state index contributed by atoms with van der Waals surface area (Å²) in [5.41, 5.74) is 0. The predicted molar refractivity (Wildman–Crippen MR) is 59.4 cm³/mol. The van der Waals surface area contributed by atoms with Gasteiger partial charge < -0.3 is 10.0 Å². The number of nitrogens with zero attached hydrogens (tertiary/aromatic N) is 2. The van der Waals surface area contributed by atoms with Gasteiger partial charge >= 0.3 is 0 Å². The van der Waals surface area contributed by atoms with Gasteiger partial charge in [-0.2, -0.15) is 0 Å². The molecule has 1 saturated heterocycles. The molecule has 2 atom stereocenters. The largest absolute Gasteiger partial charge is 0.391 e. The van der Waals surface area contributed by atoms with Crippen LogP contribution in [0.15, 0.2) is 12.7 Å². The highest BCUT2D eigenvalue weighted by Gasteiger charge is 2.25. The molecule has 0 amide bonds. The highest BCUT2D eigenvalue weighted by Crippen LogP contribution is 2.12. The maximum Gasteiger partial charge on any atom is 0.0741 e. The van der Waals surface area contributed by atoms with Crippen LogP contribution in [0.5, 0.6) is 0 Å². The Morgan fingerprint density at radius 1 is 1.50 bits per heavy atom. The van der Waals surface area contributed by atoms with Crippen molar-refractivity contribution in [2.75, 3.05) is 33.7 Å². The molecule has 0 aliphatic carbocycles. The summed E-state index contributed by atoms with van der Waals surface area (Å²) in [6.07, 6.45) is 3.38. The number of hydrogen-bond acceptors (Lipinski definition) is 3. The van der Waals surface area contributed by atoms with Crippen molar-refractivity contribution < 1.29 is 5.11 Å². The summed E-state index contributed by atoms with van der Waals surface area (Å²) in [4.78, 5) is 4.55. The predicted octanol–water partition coefficient (Wildman–Crippen LogP) is 0.559. The Balaban J connectivity index is 2.56. The van der Waals surface area contributed by atoms with E-state index in [1.54, 1.807) is 6.08 Å². The first-order chi connectivity index (χ1) is 6.65. The zero-order valence-electron chi connectivity index (χ0n) is 9.32. The third kappa shape index (κ3) is 3.08. The molecule has 1 fully saturated rings. The van der Waals surface area contributed by atoms with Crippen LogP contribution < -0.4 is 0 Å². The van der Waals surface area contributed by atoms with E-state index in [2.05, 4.69) is 30.5 Å². The van der Waals surface area contributed by atoms with E-state index in [4.69, 9.17) is 0 Å². The smallest absolute Gasteiger partial charge is 0.0741 e. The second-order valence-corrected chi connectivity index (χ2v) is 4.26. The average molecular weight is 198 g/mol. The topological polar surface area (TPSA) is 26.7 Å². The van der Waals surface area contributed by atoms with Gasteiger partial charge in [0.15, 0.2) is 0 Å². The van der Waals surface area contributed by atoms with Crippen LogP contribution in [0.1, 0.15) is 12.8 Å². The monoisotopic (exact) mass is 198 g/mol. The fourth-order valence-electron chi connectivity index (χ4n) is 2.05. The molecule has 0 radical (unpaired) electrons.